The highest BCUT2D eigenvalue weighted by Crippen LogP contribution is 2.68. The molecule has 116 valence electrons. The summed E-state index contributed by atoms with van der Waals surface area (Å²) in [7, 11) is 0. The molecule has 1 heteroatoms. The summed E-state index contributed by atoms with van der Waals surface area (Å²) in [5.74, 6) is 1.63. The summed E-state index contributed by atoms with van der Waals surface area (Å²) in [5, 5.41) is 3.87. The zero-order valence-corrected chi connectivity index (χ0v) is 14.2. The number of rotatable bonds is 4. The van der Waals surface area contributed by atoms with Crippen LogP contribution >= 0.6 is 0 Å². The molecule has 0 unspecified atom stereocenters. The summed E-state index contributed by atoms with van der Waals surface area (Å²) in [6, 6.07) is 11.8. The quantitative estimate of drug-likeness (QED) is 0.822. The molecule has 1 aromatic rings. The average Bonchev–Trinajstić information content (AvgIpc) is 2.88. The Balaban J connectivity index is 1.45. The standard InChI is InChI=1S/C20H31N/c1-19(2)18(20(19,3)4)14-21-17-12-10-16(11-13-17)15-8-6-5-7-9-15/h5-9,16-18,21H,10-14H2,1-4H3. The van der Waals surface area contributed by atoms with Gasteiger partial charge in [-0.05, 0) is 60.5 Å². The first-order chi connectivity index (χ1) is 9.93. The molecular weight excluding hydrogens is 254 g/mol. The first-order valence-electron chi connectivity index (χ1n) is 8.71. The van der Waals surface area contributed by atoms with Crippen molar-refractivity contribution in [2.24, 2.45) is 16.7 Å². The molecule has 0 aliphatic heterocycles. The van der Waals surface area contributed by atoms with Gasteiger partial charge in [-0.15, -0.1) is 0 Å². The van der Waals surface area contributed by atoms with Crippen LogP contribution in [0.2, 0.25) is 0 Å². The molecule has 0 saturated heterocycles. The molecule has 1 aromatic carbocycles. The normalized spacial score (nSPS) is 31.0. The van der Waals surface area contributed by atoms with Crippen LogP contribution in [0.15, 0.2) is 30.3 Å². The highest BCUT2D eigenvalue weighted by atomic mass is 14.9. The topological polar surface area (TPSA) is 12.0 Å². The predicted octanol–water partition coefficient (Wildman–Crippen LogP) is 4.98. The first-order valence-corrected chi connectivity index (χ1v) is 8.71. The van der Waals surface area contributed by atoms with Crippen molar-refractivity contribution in [2.45, 2.75) is 65.3 Å². The second-order valence-corrected chi connectivity index (χ2v) is 8.36. The lowest BCUT2D eigenvalue weighted by Gasteiger charge is -2.29. The molecule has 0 bridgehead atoms. The maximum atomic E-state index is 3.87. The minimum atomic E-state index is 0.515. The molecule has 2 aliphatic rings. The van der Waals surface area contributed by atoms with E-state index >= 15 is 0 Å². The van der Waals surface area contributed by atoms with Crippen molar-refractivity contribution in [3.8, 4) is 0 Å². The van der Waals surface area contributed by atoms with Crippen molar-refractivity contribution in [3.05, 3.63) is 35.9 Å². The molecule has 1 nitrogen and oxygen atoms in total. The molecule has 21 heavy (non-hydrogen) atoms. The lowest BCUT2D eigenvalue weighted by molar-refractivity contribution is 0.332. The molecule has 1 N–H and O–H groups in total. The van der Waals surface area contributed by atoms with E-state index in [0.717, 1.165) is 17.9 Å². The SMILES string of the molecule is CC1(C)C(CNC2CCC(c3ccccc3)CC2)C1(C)C. The zero-order valence-electron chi connectivity index (χ0n) is 14.2. The summed E-state index contributed by atoms with van der Waals surface area (Å²) in [5.41, 5.74) is 2.57. The number of nitrogens with one attached hydrogen (secondary N) is 1. The Hall–Kier alpha value is -0.820. The smallest absolute Gasteiger partial charge is 0.00676 e. The second kappa shape index (κ2) is 5.43. The predicted molar refractivity (Wildman–Crippen MR) is 90.5 cm³/mol. The Morgan fingerprint density at radius 2 is 1.48 bits per heavy atom. The number of benzene rings is 1. The lowest BCUT2D eigenvalue weighted by Crippen LogP contribution is -2.34. The molecule has 2 fully saturated rings. The third kappa shape index (κ3) is 2.77. The van der Waals surface area contributed by atoms with Crippen molar-refractivity contribution in [3.63, 3.8) is 0 Å². The Morgan fingerprint density at radius 3 is 2.00 bits per heavy atom. The third-order valence-corrected chi connectivity index (χ3v) is 6.93. The van der Waals surface area contributed by atoms with E-state index in [1.165, 1.54) is 32.2 Å². The van der Waals surface area contributed by atoms with Gasteiger partial charge in [-0.2, -0.15) is 0 Å². The van der Waals surface area contributed by atoms with Gasteiger partial charge in [-0.3, -0.25) is 0 Å². The van der Waals surface area contributed by atoms with Crippen LogP contribution in [0.3, 0.4) is 0 Å². The average molecular weight is 285 g/mol. The number of hydrogen-bond donors (Lipinski definition) is 1. The molecule has 2 saturated carbocycles. The summed E-state index contributed by atoms with van der Waals surface area (Å²) in [6.45, 7) is 10.9. The molecule has 0 heterocycles. The van der Waals surface area contributed by atoms with E-state index < -0.39 is 0 Å². The van der Waals surface area contributed by atoms with Crippen LogP contribution in [0.1, 0.15) is 64.9 Å². The van der Waals surface area contributed by atoms with Crippen LogP contribution in [0.5, 0.6) is 0 Å². The van der Waals surface area contributed by atoms with E-state index in [1.54, 1.807) is 5.56 Å². The van der Waals surface area contributed by atoms with E-state index in [9.17, 15) is 0 Å². The molecule has 0 spiro atoms. The van der Waals surface area contributed by atoms with Gasteiger partial charge in [-0.1, -0.05) is 58.0 Å². The van der Waals surface area contributed by atoms with Crippen molar-refractivity contribution < 1.29 is 0 Å². The van der Waals surface area contributed by atoms with Gasteiger partial charge >= 0.3 is 0 Å². The van der Waals surface area contributed by atoms with Crippen molar-refractivity contribution in [2.75, 3.05) is 6.54 Å². The molecule has 0 aromatic heterocycles. The van der Waals surface area contributed by atoms with Gasteiger partial charge < -0.3 is 5.32 Å². The highest BCUT2D eigenvalue weighted by Gasteiger charge is 2.63. The van der Waals surface area contributed by atoms with E-state index in [1.807, 2.05) is 0 Å². The van der Waals surface area contributed by atoms with E-state index in [2.05, 4.69) is 63.3 Å². The molecular formula is C20H31N. The minimum absolute atomic E-state index is 0.515. The van der Waals surface area contributed by atoms with Crippen LogP contribution in [-0.2, 0) is 0 Å². The van der Waals surface area contributed by atoms with Gasteiger partial charge in [0, 0.05) is 6.04 Å². The van der Waals surface area contributed by atoms with Crippen LogP contribution in [0.4, 0.5) is 0 Å². The lowest BCUT2D eigenvalue weighted by atomic mass is 9.82. The summed E-state index contributed by atoms with van der Waals surface area (Å²) >= 11 is 0. The maximum Gasteiger partial charge on any atom is 0.00676 e. The fraction of sp³-hybridized carbons (Fsp3) is 0.700. The minimum Gasteiger partial charge on any atom is -0.314 e. The Labute approximate surface area is 130 Å². The number of hydrogen-bond acceptors (Lipinski definition) is 1. The molecule has 0 amide bonds. The van der Waals surface area contributed by atoms with Gasteiger partial charge in [0.05, 0.1) is 0 Å². The van der Waals surface area contributed by atoms with Gasteiger partial charge in [0.15, 0.2) is 0 Å². The largest absolute Gasteiger partial charge is 0.314 e. The Morgan fingerprint density at radius 1 is 0.905 bits per heavy atom. The van der Waals surface area contributed by atoms with E-state index in [0.29, 0.717) is 10.8 Å². The zero-order chi connectivity index (χ0) is 15.1. The third-order valence-electron chi connectivity index (χ3n) is 6.93. The Bertz CT molecular complexity index is 452. The highest BCUT2D eigenvalue weighted by molar-refractivity contribution is 5.20. The Kier molecular flexibility index (Phi) is 3.90. The fourth-order valence-corrected chi connectivity index (χ4v) is 4.48. The van der Waals surface area contributed by atoms with E-state index in [4.69, 9.17) is 0 Å². The van der Waals surface area contributed by atoms with Crippen LogP contribution in [-0.4, -0.2) is 12.6 Å². The van der Waals surface area contributed by atoms with Gasteiger partial charge in [0.2, 0.25) is 0 Å². The van der Waals surface area contributed by atoms with E-state index in [-0.39, 0.29) is 0 Å². The van der Waals surface area contributed by atoms with Crippen molar-refractivity contribution >= 4 is 0 Å². The van der Waals surface area contributed by atoms with Crippen LogP contribution in [0.25, 0.3) is 0 Å². The van der Waals surface area contributed by atoms with Crippen LogP contribution in [0, 0.1) is 16.7 Å². The molecule has 0 atom stereocenters. The second-order valence-electron chi connectivity index (χ2n) is 8.36. The first kappa shape index (κ1) is 15.1. The summed E-state index contributed by atoms with van der Waals surface area (Å²) in [6.07, 6.45) is 5.37. The summed E-state index contributed by atoms with van der Waals surface area (Å²) in [4.78, 5) is 0. The van der Waals surface area contributed by atoms with Gasteiger partial charge in [-0.25, -0.2) is 0 Å². The van der Waals surface area contributed by atoms with Crippen LogP contribution < -0.4 is 5.32 Å². The molecule has 0 radical (unpaired) electrons. The molecule has 2 aliphatic carbocycles. The monoisotopic (exact) mass is 285 g/mol. The van der Waals surface area contributed by atoms with Crippen molar-refractivity contribution in [1.29, 1.82) is 0 Å². The fourth-order valence-electron chi connectivity index (χ4n) is 4.48. The van der Waals surface area contributed by atoms with Gasteiger partial charge in [0.25, 0.3) is 0 Å². The maximum absolute atomic E-state index is 3.87. The summed E-state index contributed by atoms with van der Waals surface area (Å²) < 4.78 is 0. The van der Waals surface area contributed by atoms with Crippen molar-refractivity contribution in [1.82, 2.24) is 5.32 Å². The van der Waals surface area contributed by atoms with Gasteiger partial charge in [0.1, 0.15) is 0 Å². The molecule has 3 rings (SSSR count).